The van der Waals surface area contributed by atoms with E-state index in [1.807, 2.05) is 0 Å². The standard InChI is InChI=1S/C74H144O17P2/c1-9-66(7)52-44-36-28-20-17-18-22-31-40-48-56-73(78)90-69(60-84-71(76)54-46-38-30-21-16-14-12-11-13-15-19-26-34-42-50-64(3)4)62-88-92(80,81)86-58-68(75)59-87-93(82,83)89-63-70(61-85-72(77)55-47-39-33-25-27-35-43-51-65(5)6)91-74(79)57-49-41-32-24-23-29-37-45-53-67(8)10-2/h64-70,75H,9-63H2,1-8H3,(H,80,81)(H,82,83)/t66?,67?,68?,69-,70-/m1/s1. The van der Waals surface area contributed by atoms with E-state index in [-0.39, 0.29) is 25.7 Å². The SMILES string of the molecule is CCC(C)CCCCCCCCCCCCC(=O)O[C@H](COC(=O)CCCCCCCCCCCCCCCCC(C)C)COP(=O)(O)OCC(O)COP(=O)(O)OC[C@@H](COC(=O)CCCCCCCCCC(C)C)OC(=O)CCCCCCCCCCC(C)CC. The second kappa shape index (κ2) is 63.5. The number of ether oxygens (including phenoxy) is 4. The highest BCUT2D eigenvalue weighted by atomic mass is 31.2. The molecule has 0 bridgehead atoms. The van der Waals surface area contributed by atoms with E-state index in [1.165, 1.54) is 167 Å². The summed E-state index contributed by atoms with van der Waals surface area (Å²) < 4.78 is 68.4. The van der Waals surface area contributed by atoms with Crippen molar-refractivity contribution >= 4 is 39.5 Å². The van der Waals surface area contributed by atoms with Crippen LogP contribution in [0.1, 0.15) is 370 Å². The zero-order valence-electron chi connectivity index (χ0n) is 60.9. The summed E-state index contributed by atoms with van der Waals surface area (Å²) in [6.45, 7) is 14.2. The van der Waals surface area contributed by atoms with E-state index in [2.05, 4.69) is 55.4 Å². The Balaban J connectivity index is 5.25. The Morgan fingerprint density at radius 3 is 0.763 bits per heavy atom. The van der Waals surface area contributed by atoms with Crippen molar-refractivity contribution in [1.29, 1.82) is 0 Å². The number of aliphatic hydroxyl groups is 1. The maximum atomic E-state index is 13.1. The van der Waals surface area contributed by atoms with Gasteiger partial charge in [0.05, 0.1) is 26.4 Å². The van der Waals surface area contributed by atoms with Gasteiger partial charge in [0, 0.05) is 25.7 Å². The van der Waals surface area contributed by atoms with Crippen LogP contribution < -0.4 is 0 Å². The van der Waals surface area contributed by atoms with E-state index in [0.717, 1.165) is 114 Å². The van der Waals surface area contributed by atoms with E-state index in [4.69, 9.17) is 37.0 Å². The summed E-state index contributed by atoms with van der Waals surface area (Å²) in [5.74, 6) is 0.951. The molecule has 0 saturated heterocycles. The average Bonchev–Trinajstić information content (AvgIpc) is 3.23. The summed E-state index contributed by atoms with van der Waals surface area (Å²) in [4.78, 5) is 72.7. The molecular weight excluding hydrogens is 1220 g/mol. The highest BCUT2D eigenvalue weighted by Gasteiger charge is 2.30. The fourth-order valence-corrected chi connectivity index (χ4v) is 12.7. The molecule has 0 spiro atoms. The van der Waals surface area contributed by atoms with E-state index < -0.39 is 97.5 Å². The third-order valence-electron chi connectivity index (χ3n) is 17.8. The monoisotopic (exact) mass is 1370 g/mol. The van der Waals surface area contributed by atoms with Crippen LogP contribution in [-0.2, 0) is 65.4 Å². The highest BCUT2D eigenvalue weighted by Crippen LogP contribution is 2.45. The van der Waals surface area contributed by atoms with Gasteiger partial charge in [0.1, 0.15) is 19.3 Å². The first kappa shape index (κ1) is 91.1. The molecule has 0 aliphatic heterocycles. The van der Waals surface area contributed by atoms with Gasteiger partial charge in [-0.3, -0.25) is 37.3 Å². The second-order valence-electron chi connectivity index (χ2n) is 28.1. The van der Waals surface area contributed by atoms with E-state index in [1.54, 1.807) is 0 Å². The van der Waals surface area contributed by atoms with Crippen LogP contribution in [0.25, 0.3) is 0 Å². The molecule has 0 heterocycles. The Bertz CT molecular complexity index is 1840. The van der Waals surface area contributed by atoms with Gasteiger partial charge in [0.2, 0.25) is 0 Å². The fourth-order valence-electron chi connectivity index (χ4n) is 11.1. The summed E-state index contributed by atoms with van der Waals surface area (Å²) in [6, 6.07) is 0. The van der Waals surface area contributed by atoms with Gasteiger partial charge < -0.3 is 33.8 Å². The molecule has 0 rings (SSSR count). The van der Waals surface area contributed by atoms with Gasteiger partial charge in [-0.2, -0.15) is 0 Å². The molecule has 93 heavy (non-hydrogen) atoms. The molecule has 0 aromatic carbocycles. The van der Waals surface area contributed by atoms with Crippen molar-refractivity contribution in [2.24, 2.45) is 23.7 Å². The van der Waals surface area contributed by atoms with Crippen molar-refractivity contribution in [2.75, 3.05) is 39.6 Å². The Kier molecular flexibility index (Phi) is 62.2. The molecule has 0 amide bonds. The first-order valence-electron chi connectivity index (χ1n) is 38.3. The summed E-state index contributed by atoms with van der Waals surface area (Å²) in [5, 5.41) is 10.6. The minimum absolute atomic E-state index is 0.104. The quantitative estimate of drug-likeness (QED) is 0.0222. The number of hydrogen-bond donors (Lipinski definition) is 3. The number of carbonyl (C=O) groups excluding carboxylic acids is 4. The number of phosphoric acid groups is 2. The lowest BCUT2D eigenvalue weighted by Crippen LogP contribution is -2.30. The Hall–Kier alpha value is -1.94. The van der Waals surface area contributed by atoms with Crippen molar-refractivity contribution in [3.8, 4) is 0 Å². The average molecular weight is 1370 g/mol. The maximum Gasteiger partial charge on any atom is 0.472 e. The number of hydrogen-bond acceptors (Lipinski definition) is 15. The van der Waals surface area contributed by atoms with E-state index in [9.17, 15) is 43.2 Å². The predicted octanol–water partition coefficient (Wildman–Crippen LogP) is 21.3. The summed E-state index contributed by atoms with van der Waals surface area (Å²) in [7, 11) is -9.91. The number of esters is 4. The molecule has 17 nitrogen and oxygen atoms in total. The van der Waals surface area contributed by atoms with Crippen LogP contribution in [-0.4, -0.2) is 96.7 Å². The molecule has 0 fully saturated rings. The third-order valence-corrected chi connectivity index (χ3v) is 19.7. The smallest absolute Gasteiger partial charge is 0.462 e. The predicted molar refractivity (Wildman–Crippen MR) is 377 cm³/mol. The molecule has 0 aromatic heterocycles. The molecule has 0 aromatic rings. The summed E-state index contributed by atoms with van der Waals surface area (Å²) >= 11 is 0. The van der Waals surface area contributed by atoms with Gasteiger partial charge in [0.25, 0.3) is 0 Å². The lowest BCUT2D eigenvalue weighted by atomic mass is 9.99. The minimum Gasteiger partial charge on any atom is -0.462 e. The molecular formula is C74H144O17P2. The first-order valence-corrected chi connectivity index (χ1v) is 41.3. The maximum absolute atomic E-state index is 13.1. The van der Waals surface area contributed by atoms with Crippen LogP contribution in [0.4, 0.5) is 0 Å². The van der Waals surface area contributed by atoms with Crippen molar-refractivity contribution in [2.45, 2.75) is 388 Å². The topological polar surface area (TPSA) is 237 Å². The fraction of sp³-hybridized carbons (Fsp3) is 0.946. The molecule has 19 heteroatoms. The molecule has 0 saturated carbocycles. The molecule has 5 unspecified atom stereocenters. The number of rotatable bonds is 71. The van der Waals surface area contributed by atoms with Crippen molar-refractivity contribution in [3.63, 3.8) is 0 Å². The molecule has 0 radical (unpaired) electrons. The van der Waals surface area contributed by atoms with Crippen LogP contribution in [0.5, 0.6) is 0 Å². The highest BCUT2D eigenvalue weighted by molar-refractivity contribution is 7.47. The number of carbonyl (C=O) groups is 4. The molecule has 0 aliphatic carbocycles. The molecule has 7 atom stereocenters. The molecule has 3 N–H and O–H groups in total. The van der Waals surface area contributed by atoms with Crippen LogP contribution in [0.2, 0.25) is 0 Å². The van der Waals surface area contributed by atoms with Crippen LogP contribution in [0, 0.1) is 23.7 Å². The third kappa shape index (κ3) is 65.8. The normalized spacial score (nSPS) is 14.8. The zero-order chi connectivity index (χ0) is 68.9. The van der Waals surface area contributed by atoms with Gasteiger partial charge in [0.15, 0.2) is 12.2 Å². The first-order chi connectivity index (χ1) is 44.7. The minimum atomic E-state index is -4.96. The second-order valence-corrected chi connectivity index (χ2v) is 31.0. The van der Waals surface area contributed by atoms with Gasteiger partial charge in [-0.05, 0) is 49.4 Å². The molecule has 0 aliphatic rings. The Labute approximate surface area is 568 Å². The Morgan fingerprint density at radius 2 is 0.516 bits per heavy atom. The van der Waals surface area contributed by atoms with Crippen molar-refractivity contribution in [1.82, 2.24) is 0 Å². The number of phosphoric ester groups is 2. The van der Waals surface area contributed by atoms with Gasteiger partial charge >= 0.3 is 39.5 Å². The summed E-state index contributed by atoms with van der Waals surface area (Å²) in [6.07, 6.45) is 47.1. The largest absolute Gasteiger partial charge is 0.472 e. The summed E-state index contributed by atoms with van der Waals surface area (Å²) in [5.41, 5.74) is 0. The number of aliphatic hydroxyl groups excluding tert-OH is 1. The van der Waals surface area contributed by atoms with Crippen molar-refractivity contribution < 1.29 is 80.2 Å². The van der Waals surface area contributed by atoms with Crippen LogP contribution in [0.3, 0.4) is 0 Å². The van der Waals surface area contributed by atoms with Gasteiger partial charge in [-0.15, -0.1) is 0 Å². The van der Waals surface area contributed by atoms with Crippen molar-refractivity contribution in [3.05, 3.63) is 0 Å². The zero-order valence-corrected chi connectivity index (χ0v) is 62.7. The van der Waals surface area contributed by atoms with Gasteiger partial charge in [-0.1, -0.05) is 319 Å². The van der Waals surface area contributed by atoms with E-state index in [0.29, 0.717) is 31.6 Å². The van der Waals surface area contributed by atoms with Crippen LogP contribution in [0.15, 0.2) is 0 Å². The van der Waals surface area contributed by atoms with Crippen LogP contribution >= 0.6 is 15.6 Å². The number of unbranched alkanes of at least 4 members (excludes halogenated alkanes) is 35. The lowest BCUT2D eigenvalue weighted by Gasteiger charge is -2.21. The molecule has 552 valence electrons. The lowest BCUT2D eigenvalue weighted by molar-refractivity contribution is -0.161. The Morgan fingerprint density at radius 1 is 0.301 bits per heavy atom. The van der Waals surface area contributed by atoms with E-state index >= 15 is 0 Å². The van der Waals surface area contributed by atoms with Gasteiger partial charge in [-0.25, -0.2) is 9.13 Å².